The van der Waals surface area contributed by atoms with Gasteiger partial charge in [-0.15, -0.1) is 0 Å². The molecule has 0 fully saturated rings. The molecule has 0 heterocycles. The molecule has 0 N–H and O–H groups in total. The van der Waals surface area contributed by atoms with Crippen LogP contribution < -0.4 is 39.8 Å². The molecule has 0 saturated carbocycles. The van der Waals surface area contributed by atoms with E-state index < -0.39 is 8.03 Å². The Morgan fingerprint density at radius 3 is 2.06 bits per heavy atom. The van der Waals surface area contributed by atoms with Crippen LogP contribution in [0, 0.1) is 0 Å². The molecule has 0 amide bonds. The van der Waals surface area contributed by atoms with Crippen molar-refractivity contribution >= 4 is 34.9 Å². The van der Waals surface area contributed by atoms with Crippen LogP contribution in [0.15, 0.2) is 54.6 Å². The zero-order valence-corrected chi connectivity index (χ0v) is 12.9. The number of fused-ring (bicyclic) bond motifs is 3. The van der Waals surface area contributed by atoms with Crippen molar-refractivity contribution in [2.45, 2.75) is 0 Å². The second-order valence-electron chi connectivity index (χ2n) is 3.92. The van der Waals surface area contributed by atoms with Crippen molar-refractivity contribution in [3.8, 4) is 0 Å². The second kappa shape index (κ2) is 5.48. The molecule has 0 radical (unpaired) electrons. The van der Waals surface area contributed by atoms with Crippen molar-refractivity contribution in [2.24, 2.45) is 0 Å². The third-order valence-corrected chi connectivity index (χ3v) is 3.71. The van der Waals surface area contributed by atoms with Crippen molar-refractivity contribution < 1.29 is 39.0 Å². The molecule has 4 heteroatoms. The normalized spacial score (nSPS) is 11.3. The van der Waals surface area contributed by atoms with Crippen molar-refractivity contribution in [2.75, 3.05) is 0 Å². The molecule has 0 bridgehead atoms. The SMILES string of the molecule is O=[P+]([O-])c1cc2ccccc2c2ccccc12.[Na+]. The Labute approximate surface area is 128 Å². The Kier molecular flexibility index (Phi) is 4.16. The van der Waals surface area contributed by atoms with Crippen LogP contribution in [0.3, 0.4) is 0 Å². The van der Waals surface area contributed by atoms with Crippen LogP contribution >= 0.6 is 8.03 Å². The molecule has 3 aromatic carbocycles. The summed E-state index contributed by atoms with van der Waals surface area (Å²) in [6.45, 7) is 0. The molecule has 3 rings (SSSR count). The summed E-state index contributed by atoms with van der Waals surface area (Å²) in [5, 5.41) is 4.22. The molecule has 0 aliphatic rings. The van der Waals surface area contributed by atoms with Gasteiger partial charge in [-0.05, 0) is 28.3 Å². The summed E-state index contributed by atoms with van der Waals surface area (Å²) < 4.78 is 11.3. The average molecular weight is 263 g/mol. The summed E-state index contributed by atoms with van der Waals surface area (Å²) in [6.07, 6.45) is 0. The molecule has 3 aromatic rings. The van der Waals surface area contributed by atoms with E-state index in [9.17, 15) is 9.46 Å². The molecule has 0 saturated heterocycles. The smallest absolute Gasteiger partial charge is 0.591 e. The van der Waals surface area contributed by atoms with Gasteiger partial charge in [0.25, 0.3) is 0 Å². The van der Waals surface area contributed by atoms with Gasteiger partial charge >= 0.3 is 37.6 Å². The van der Waals surface area contributed by atoms with Gasteiger partial charge in [0, 0.05) is 5.39 Å². The summed E-state index contributed by atoms with van der Waals surface area (Å²) in [7, 11) is -2.57. The maximum Gasteiger partial charge on any atom is 1.00 e. The summed E-state index contributed by atoms with van der Waals surface area (Å²) in [6, 6.07) is 17.2. The van der Waals surface area contributed by atoms with Crippen LogP contribution in [0.25, 0.3) is 21.5 Å². The number of hydrogen-bond donors (Lipinski definition) is 0. The molecule has 2 nitrogen and oxygen atoms in total. The van der Waals surface area contributed by atoms with Crippen LogP contribution in [-0.2, 0) is 4.57 Å². The molecule has 0 aromatic heterocycles. The van der Waals surface area contributed by atoms with E-state index in [1.54, 1.807) is 6.07 Å². The van der Waals surface area contributed by atoms with Crippen LogP contribution in [0.4, 0.5) is 0 Å². The minimum absolute atomic E-state index is 0. The van der Waals surface area contributed by atoms with E-state index >= 15 is 0 Å². The molecule has 0 aliphatic carbocycles. The Morgan fingerprint density at radius 1 is 0.833 bits per heavy atom. The maximum atomic E-state index is 11.3. The first-order valence-electron chi connectivity index (χ1n) is 5.32. The fourth-order valence-electron chi connectivity index (χ4n) is 2.19. The largest absolute Gasteiger partial charge is 1.00 e. The van der Waals surface area contributed by atoms with Crippen molar-refractivity contribution in [3.05, 3.63) is 54.6 Å². The average Bonchev–Trinajstić information content (AvgIpc) is 2.37. The van der Waals surface area contributed by atoms with Crippen LogP contribution in [0.2, 0.25) is 0 Å². The second-order valence-corrected chi connectivity index (χ2v) is 4.92. The van der Waals surface area contributed by atoms with Gasteiger partial charge in [0.2, 0.25) is 0 Å². The van der Waals surface area contributed by atoms with Gasteiger partial charge in [-0.2, -0.15) is 0 Å². The molecular formula is C14H9NaO2P+. The first-order chi connectivity index (χ1) is 8.27. The third-order valence-electron chi connectivity index (χ3n) is 2.94. The van der Waals surface area contributed by atoms with Crippen LogP contribution in [-0.4, -0.2) is 0 Å². The van der Waals surface area contributed by atoms with Gasteiger partial charge in [0.15, 0.2) is 5.30 Å². The van der Waals surface area contributed by atoms with Gasteiger partial charge in [0.1, 0.15) is 0 Å². The van der Waals surface area contributed by atoms with Crippen LogP contribution in [0.5, 0.6) is 0 Å². The van der Waals surface area contributed by atoms with Gasteiger partial charge in [-0.1, -0.05) is 47.0 Å². The summed E-state index contributed by atoms with van der Waals surface area (Å²) in [4.78, 5) is 11.3. The predicted molar refractivity (Wildman–Crippen MR) is 68.7 cm³/mol. The van der Waals surface area contributed by atoms with E-state index in [1.165, 1.54) is 0 Å². The fraction of sp³-hybridized carbons (Fsp3) is 0. The predicted octanol–water partition coefficient (Wildman–Crippen LogP) is -0.275. The van der Waals surface area contributed by atoms with E-state index in [0.717, 1.165) is 21.5 Å². The van der Waals surface area contributed by atoms with Gasteiger partial charge in [-0.25, -0.2) is 0 Å². The fourth-order valence-corrected chi connectivity index (χ4v) is 2.82. The molecule has 1 unspecified atom stereocenters. The topological polar surface area (TPSA) is 40.1 Å². The zero-order valence-electron chi connectivity index (χ0n) is 9.96. The van der Waals surface area contributed by atoms with E-state index in [0.29, 0.717) is 5.30 Å². The first-order valence-corrected chi connectivity index (χ1v) is 6.50. The van der Waals surface area contributed by atoms with E-state index in [1.807, 2.05) is 48.5 Å². The van der Waals surface area contributed by atoms with E-state index in [4.69, 9.17) is 0 Å². The Bertz CT molecular complexity index is 740. The monoisotopic (exact) mass is 263 g/mol. The van der Waals surface area contributed by atoms with Gasteiger partial charge < -0.3 is 4.89 Å². The standard InChI is InChI=1S/C14H9O2P.Na/c15-17(16)14-9-10-5-1-2-6-11(10)12-7-3-4-8-13(12)14;/h1-9H;/q;+1. The third kappa shape index (κ3) is 2.23. The molecule has 18 heavy (non-hydrogen) atoms. The van der Waals surface area contributed by atoms with Crippen molar-refractivity contribution in [3.63, 3.8) is 0 Å². The van der Waals surface area contributed by atoms with Gasteiger partial charge in [-0.3, -0.25) is 0 Å². The quantitative estimate of drug-likeness (QED) is 0.344. The van der Waals surface area contributed by atoms with E-state index in [2.05, 4.69) is 0 Å². The first kappa shape index (κ1) is 13.7. The maximum absolute atomic E-state index is 11.3. The minimum atomic E-state index is -2.57. The molecule has 1 atom stereocenters. The Balaban J connectivity index is 0.00000120. The number of rotatable bonds is 1. The van der Waals surface area contributed by atoms with Crippen molar-refractivity contribution in [1.82, 2.24) is 0 Å². The number of benzene rings is 3. The Morgan fingerprint density at radius 2 is 1.39 bits per heavy atom. The summed E-state index contributed by atoms with van der Waals surface area (Å²) in [5.74, 6) is 0. The van der Waals surface area contributed by atoms with E-state index in [-0.39, 0.29) is 29.6 Å². The number of hydrogen-bond acceptors (Lipinski definition) is 2. The molecule has 82 valence electrons. The molecular weight excluding hydrogens is 254 g/mol. The summed E-state index contributed by atoms with van der Waals surface area (Å²) in [5.41, 5.74) is 0. The van der Waals surface area contributed by atoms with Gasteiger partial charge in [0.05, 0.1) is 0 Å². The minimum Gasteiger partial charge on any atom is -0.591 e. The Hall–Kier alpha value is -0.760. The molecule has 0 spiro atoms. The zero-order chi connectivity index (χ0) is 11.8. The van der Waals surface area contributed by atoms with Crippen molar-refractivity contribution in [1.29, 1.82) is 0 Å². The van der Waals surface area contributed by atoms with Crippen LogP contribution in [0.1, 0.15) is 0 Å². The molecule has 0 aliphatic heterocycles. The summed E-state index contributed by atoms with van der Waals surface area (Å²) >= 11 is 0.